The summed E-state index contributed by atoms with van der Waals surface area (Å²) in [4.78, 5) is 0. The van der Waals surface area contributed by atoms with Crippen molar-refractivity contribution in [2.75, 3.05) is 19.1 Å². The van der Waals surface area contributed by atoms with Crippen molar-refractivity contribution in [3.05, 3.63) is 35.9 Å². The van der Waals surface area contributed by atoms with Crippen LogP contribution in [0.15, 0.2) is 30.3 Å². The zero-order chi connectivity index (χ0) is 13.7. The first-order chi connectivity index (χ1) is 9.19. The van der Waals surface area contributed by atoms with Crippen LogP contribution in [0.3, 0.4) is 0 Å². The van der Waals surface area contributed by atoms with E-state index in [1.54, 1.807) is 0 Å². The third-order valence-corrected chi connectivity index (χ3v) is 5.41. The Kier molecular flexibility index (Phi) is 5.43. The predicted molar refractivity (Wildman–Crippen MR) is 76.6 cm³/mol. The van der Waals surface area contributed by atoms with Gasteiger partial charge in [-0.2, -0.15) is 0 Å². The minimum Gasteiger partial charge on any atom is -0.306 e. The molecule has 1 aromatic rings. The first kappa shape index (κ1) is 15.0. The lowest BCUT2D eigenvalue weighted by Crippen LogP contribution is -2.41. The molecular weight excluding hydrogens is 285 g/mol. The van der Waals surface area contributed by atoms with Crippen molar-refractivity contribution in [1.82, 2.24) is 5.32 Å². The highest BCUT2D eigenvalue weighted by molar-refractivity contribution is 7.54. The highest BCUT2D eigenvalue weighted by atomic mass is 35.5. The second kappa shape index (κ2) is 6.87. The van der Waals surface area contributed by atoms with Crippen LogP contribution >= 0.6 is 19.2 Å². The zero-order valence-electron chi connectivity index (χ0n) is 10.9. The van der Waals surface area contributed by atoms with Gasteiger partial charge in [0.2, 0.25) is 0 Å². The Hall–Kier alpha value is -0.380. The molecule has 1 saturated heterocycles. The fourth-order valence-corrected chi connectivity index (χ4v) is 4.28. The van der Waals surface area contributed by atoms with E-state index < -0.39 is 13.4 Å². The van der Waals surface area contributed by atoms with Crippen LogP contribution in [0.5, 0.6) is 0 Å². The van der Waals surface area contributed by atoms with Gasteiger partial charge in [0.15, 0.2) is 0 Å². The van der Waals surface area contributed by atoms with E-state index in [-0.39, 0.29) is 12.6 Å². The molecule has 1 aliphatic rings. The van der Waals surface area contributed by atoms with Gasteiger partial charge in [0.25, 0.3) is 0 Å². The molecule has 0 saturated carbocycles. The third-order valence-electron chi connectivity index (χ3n) is 3.12. The molecule has 1 fully saturated rings. The Morgan fingerprint density at radius 3 is 2.84 bits per heavy atom. The first-order valence-electron chi connectivity index (χ1n) is 6.45. The minimum atomic E-state index is -3.21. The molecule has 0 radical (unpaired) electrons. The number of hydrogen-bond donors (Lipinski definition) is 1. The predicted octanol–water partition coefficient (Wildman–Crippen LogP) is 3.53. The summed E-state index contributed by atoms with van der Waals surface area (Å²) >= 11 is 5.61. The number of halogens is 1. The third kappa shape index (κ3) is 3.59. The Morgan fingerprint density at radius 1 is 1.47 bits per heavy atom. The molecule has 0 spiro atoms. The molecule has 3 atom stereocenters. The summed E-state index contributed by atoms with van der Waals surface area (Å²) in [6.45, 7) is 2.69. The molecule has 0 bridgehead atoms. The quantitative estimate of drug-likeness (QED) is 0.668. The molecule has 0 aliphatic carbocycles. The van der Waals surface area contributed by atoms with Gasteiger partial charge in [-0.3, -0.25) is 9.88 Å². The van der Waals surface area contributed by atoms with Gasteiger partial charge in [0.05, 0.1) is 13.2 Å². The van der Waals surface area contributed by atoms with Crippen LogP contribution in [0.25, 0.3) is 0 Å². The summed E-state index contributed by atoms with van der Waals surface area (Å²) in [5.74, 6) is -0.123. The van der Waals surface area contributed by atoms with Gasteiger partial charge in [-0.1, -0.05) is 37.3 Å². The zero-order valence-corrected chi connectivity index (χ0v) is 12.6. The molecule has 106 valence electrons. The molecule has 2 rings (SSSR count). The van der Waals surface area contributed by atoms with E-state index in [9.17, 15) is 4.57 Å². The normalized spacial score (nSPS) is 31.3. The highest BCUT2D eigenvalue weighted by Crippen LogP contribution is 2.61. The van der Waals surface area contributed by atoms with Crippen LogP contribution in [-0.2, 0) is 13.6 Å². The Morgan fingerprint density at radius 2 is 2.21 bits per heavy atom. The molecule has 19 heavy (non-hydrogen) atoms. The number of benzene rings is 1. The first-order valence-corrected chi connectivity index (χ1v) is 8.60. The van der Waals surface area contributed by atoms with Gasteiger partial charge in [-0.15, -0.1) is 11.6 Å². The highest BCUT2D eigenvalue weighted by Gasteiger charge is 2.42. The van der Waals surface area contributed by atoms with E-state index in [2.05, 4.69) is 12.2 Å². The van der Waals surface area contributed by atoms with Crippen LogP contribution in [0.4, 0.5) is 0 Å². The number of nitrogens with one attached hydrogen (secondary N) is 1. The molecular formula is C13H19ClNO3P. The van der Waals surface area contributed by atoms with Crippen LogP contribution < -0.4 is 5.32 Å². The van der Waals surface area contributed by atoms with Gasteiger partial charge < -0.3 is 9.05 Å². The van der Waals surface area contributed by atoms with E-state index >= 15 is 0 Å². The second-order valence-corrected chi connectivity index (χ2v) is 6.93. The molecule has 0 aromatic heterocycles. The lowest BCUT2D eigenvalue weighted by atomic mass is 10.2. The molecule has 1 aliphatic heterocycles. The van der Waals surface area contributed by atoms with E-state index in [0.717, 1.165) is 12.0 Å². The lowest BCUT2D eigenvalue weighted by molar-refractivity contribution is 0.150. The van der Waals surface area contributed by atoms with E-state index in [4.69, 9.17) is 20.6 Å². The molecule has 1 aromatic carbocycles. The molecule has 1 heterocycles. The standard InChI is InChI=1S/C13H19ClNO3P/c1-2-12-10-18-19(16,17-9-8-14)13(15-12)11-6-4-3-5-7-11/h3-7,12-13,15H,2,8-10H2,1H3/t12-,13-,19?/m1/s1. The summed E-state index contributed by atoms with van der Waals surface area (Å²) in [5, 5.41) is 3.36. The van der Waals surface area contributed by atoms with E-state index in [1.807, 2.05) is 30.3 Å². The average molecular weight is 304 g/mol. The summed E-state index contributed by atoms with van der Waals surface area (Å²) in [6, 6.07) is 9.80. The van der Waals surface area contributed by atoms with Crippen molar-refractivity contribution in [3.63, 3.8) is 0 Å². The maximum absolute atomic E-state index is 12.8. The summed E-state index contributed by atoms with van der Waals surface area (Å²) in [6.07, 6.45) is 0.916. The molecule has 1 N–H and O–H groups in total. The molecule has 0 amide bonds. The van der Waals surface area contributed by atoms with E-state index in [1.165, 1.54) is 0 Å². The summed E-state index contributed by atoms with van der Waals surface area (Å²) in [5.41, 5.74) is 0.915. The topological polar surface area (TPSA) is 47.6 Å². The minimum absolute atomic E-state index is 0.187. The maximum Gasteiger partial charge on any atom is 0.352 e. The monoisotopic (exact) mass is 303 g/mol. The van der Waals surface area contributed by atoms with Gasteiger partial charge in [0, 0.05) is 11.9 Å². The van der Waals surface area contributed by atoms with Crippen molar-refractivity contribution < 1.29 is 13.6 Å². The van der Waals surface area contributed by atoms with Gasteiger partial charge >= 0.3 is 7.60 Å². The van der Waals surface area contributed by atoms with Gasteiger partial charge in [-0.05, 0) is 12.0 Å². The lowest BCUT2D eigenvalue weighted by Gasteiger charge is -2.36. The van der Waals surface area contributed by atoms with Crippen molar-refractivity contribution in [3.8, 4) is 0 Å². The van der Waals surface area contributed by atoms with Crippen LogP contribution in [-0.4, -0.2) is 25.1 Å². The van der Waals surface area contributed by atoms with Crippen LogP contribution in [0, 0.1) is 0 Å². The van der Waals surface area contributed by atoms with Crippen molar-refractivity contribution in [1.29, 1.82) is 0 Å². The maximum atomic E-state index is 12.8. The van der Waals surface area contributed by atoms with Crippen LogP contribution in [0.2, 0.25) is 0 Å². The van der Waals surface area contributed by atoms with Gasteiger partial charge in [0.1, 0.15) is 5.78 Å². The Labute approximate surface area is 119 Å². The van der Waals surface area contributed by atoms with Crippen molar-refractivity contribution >= 4 is 19.2 Å². The fourth-order valence-electron chi connectivity index (χ4n) is 2.05. The SMILES string of the molecule is CC[C@@H]1COP(=O)(OCCCl)[C@H](c2ccccc2)N1. The largest absolute Gasteiger partial charge is 0.352 e. The number of hydrogen-bond acceptors (Lipinski definition) is 4. The number of alkyl halides is 1. The molecule has 6 heteroatoms. The second-order valence-electron chi connectivity index (χ2n) is 4.44. The molecule has 4 nitrogen and oxygen atoms in total. The number of rotatable bonds is 5. The summed E-state index contributed by atoms with van der Waals surface area (Å²) < 4.78 is 23.8. The van der Waals surface area contributed by atoms with Crippen molar-refractivity contribution in [2.45, 2.75) is 25.2 Å². The van der Waals surface area contributed by atoms with Crippen molar-refractivity contribution in [2.24, 2.45) is 0 Å². The Bertz CT molecular complexity index is 443. The summed E-state index contributed by atoms with van der Waals surface area (Å²) in [7, 11) is -3.21. The van der Waals surface area contributed by atoms with Crippen LogP contribution in [0.1, 0.15) is 24.7 Å². The Balaban J connectivity index is 2.23. The van der Waals surface area contributed by atoms with Gasteiger partial charge in [-0.25, -0.2) is 0 Å². The van der Waals surface area contributed by atoms with E-state index in [0.29, 0.717) is 12.5 Å². The average Bonchev–Trinajstić information content (AvgIpc) is 2.46. The fraction of sp³-hybridized carbons (Fsp3) is 0.538. The molecule has 1 unspecified atom stereocenters. The smallest absolute Gasteiger partial charge is 0.306 e.